The number of benzene rings is 2. The third-order valence-electron chi connectivity index (χ3n) is 4.43. The number of methoxy groups -OCH3 is 2. The Balaban J connectivity index is 1.81. The lowest BCUT2D eigenvalue weighted by atomic mass is 10.1. The minimum Gasteiger partial charge on any atom is -0.493 e. The van der Waals surface area contributed by atoms with E-state index in [0.29, 0.717) is 29.6 Å². The lowest BCUT2D eigenvalue weighted by Gasteiger charge is -2.17. The van der Waals surface area contributed by atoms with Gasteiger partial charge in [0.1, 0.15) is 5.25 Å². The molecule has 29 heavy (non-hydrogen) atoms. The first-order valence-corrected chi connectivity index (χ1v) is 9.94. The zero-order valence-corrected chi connectivity index (χ0v) is 17.0. The Morgan fingerprint density at radius 1 is 1.14 bits per heavy atom. The maximum absolute atomic E-state index is 12.8. The molecule has 2 aromatic rings. The molecule has 1 fully saturated rings. The highest BCUT2D eigenvalue weighted by atomic mass is 32.2. The molecule has 1 unspecified atom stereocenters. The molecule has 0 spiro atoms. The van der Waals surface area contributed by atoms with Crippen LogP contribution in [0.4, 0.5) is 5.69 Å². The number of thioether (sulfide) groups is 1. The van der Waals surface area contributed by atoms with E-state index in [9.17, 15) is 9.59 Å². The van der Waals surface area contributed by atoms with Gasteiger partial charge in [0.2, 0.25) is 5.91 Å². The molecule has 1 N–H and O–H groups in total. The van der Waals surface area contributed by atoms with E-state index in [2.05, 4.69) is 4.99 Å². The summed E-state index contributed by atoms with van der Waals surface area (Å²) in [6.45, 7) is 0.392. The molecule has 2 aromatic carbocycles. The minimum absolute atomic E-state index is 0.229. The third-order valence-corrected chi connectivity index (χ3v) is 5.61. The number of aliphatic imine (C=N–C) groups is 1. The van der Waals surface area contributed by atoms with Crippen LogP contribution >= 0.6 is 11.8 Å². The average molecular weight is 414 g/mol. The van der Waals surface area contributed by atoms with Crippen molar-refractivity contribution in [1.29, 1.82) is 0 Å². The van der Waals surface area contributed by atoms with E-state index in [1.165, 1.54) is 11.8 Å². The molecule has 0 aliphatic carbocycles. The summed E-state index contributed by atoms with van der Waals surface area (Å²) in [7, 11) is 3.15. The lowest BCUT2D eigenvalue weighted by molar-refractivity contribution is -0.139. The van der Waals surface area contributed by atoms with Crippen molar-refractivity contribution >= 4 is 34.5 Å². The van der Waals surface area contributed by atoms with Crippen LogP contribution in [0.2, 0.25) is 0 Å². The summed E-state index contributed by atoms with van der Waals surface area (Å²) in [6, 6.07) is 14.9. The second kappa shape index (κ2) is 9.47. The van der Waals surface area contributed by atoms with Crippen LogP contribution in [0.1, 0.15) is 12.0 Å². The van der Waals surface area contributed by atoms with Gasteiger partial charge in [0.05, 0.1) is 26.3 Å². The number of para-hydroxylation sites is 1. The first-order valence-electron chi connectivity index (χ1n) is 9.06. The van der Waals surface area contributed by atoms with Gasteiger partial charge < -0.3 is 14.6 Å². The van der Waals surface area contributed by atoms with Crippen molar-refractivity contribution in [3.63, 3.8) is 0 Å². The second-order valence-electron chi connectivity index (χ2n) is 6.36. The standard InChI is InChI=1S/C21H22N2O5S/c1-27-16-9-8-14(12-17(16)28-2)10-11-23-20(26)18(13-19(24)25)29-21(23)22-15-6-4-3-5-7-15/h3-9,12,18H,10-11,13H2,1-2H3,(H,24,25). The van der Waals surface area contributed by atoms with Gasteiger partial charge in [-0.2, -0.15) is 0 Å². The molecule has 0 aromatic heterocycles. The van der Waals surface area contributed by atoms with Crippen LogP contribution in [0.25, 0.3) is 0 Å². The van der Waals surface area contributed by atoms with E-state index in [1.807, 2.05) is 48.5 Å². The number of rotatable bonds is 8. The van der Waals surface area contributed by atoms with Crippen LogP contribution in [0, 0.1) is 0 Å². The number of hydrogen-bond donors (Lipinski definition) is 1. The second-order valence-corrected chi connectivity index (χ2v) is 7.53. The van der Waals surface area contributed by atoms with Gasteiger partial charge in [-0.05, 0) is 36.2 Å². The van der Waals surface area contributed by atoms with Crippen LogP contribution < -0.4 is 9.47 Å². The molecule has 1 aliphatic rings. The summed E-state index contributed by atoms with van der Waals surface area (Å²) < 4.78 is 10.6. The van der Waals surface area contributed by atoms with Crippen molar-refractivity contribution in [2.24, 2.45) is 4.99 Å². The number of carboxylic acid groups (broad SMARTS) is 1. The third kappa shape index (κ3) is 5.08. The summed E-state index contributed by atoms with van der Waals surface area (Å²) in [6.07, 6.45) is 0.338. The zero-order valence-electron chi connectivity index (χ0n) is 16.2. The molecule has 0 saturated carbocycles. The van der Waals surface area contributed by atoms with E-state index in [0.717, 1.165) is 11.3 Å². The monoisotopic (exact) mass is 414 g/mol. The predicted octanol–water partition coefficient (Wildman–Crippen LogP) is 3.35. The van der Waals surface area contributed by atoms with Crippen LogP contribution in [0.3, 0.4) is 0 Å². The molecule has 1 amide bonds. The topological polar surface area (TPSA) is 88.4 Å². The van der Waals surface area contributed by atoms with E-state index in [1.54, 1.807) is 19.1 Å². The molecule has 8 heteroatoms. The van der Waals surface area contributed by atoms with Gasteiger partial charge in [-0.3, -0.25) is 14.5 Å². The molecule has 0 bridgehead atoms. The summed E-state index contributed by atoms with van der Waals surface area (Å²) in [4.78, 5) is 30.1. The SMILES string of the molecule is COc1ccc(CCN2C(=O)C(CC(=O)O)SC2=Nc2ccccc2)cc1OC. The van der Waals surface area contributed by atoms with Crippen LogP contribution in [-0.4, -0.2) is 53.1 Å². The Morgan fingerprint density at radius 3 is 2.52 bits per heavy atom. The summed E-state index contributed by atoms with van der Waals surface area (Å²) in [5.74, 6) is 0.0233. The number of carbonyl (C=O) groups is 2. The minimum atomic E-state index is -1.00. The molecule has 1 heterocycles. The van der Waals surface area contributed by atoms with E-state index >= 15 is 0 Å². The summed E-state index contributed by atoms with van der Waals surface area (Å²) in [5, 5.41) is 8.97. The van der Waals surface area contributed by atoms with Gasteiger partial charge in [-0.25, -0.2) is 4.99 Å². The molecular weight excluding hydrogens is 392 g/mol. The van der Waals surface area contributed by atoms with Crippen LogP contribution in [-0.2, 0) is 16.0 Å². The van der Waals surface area contributed by atoms with Gasteiger partial charge in [0.15, 0.2) is 16.7 Å². The molecule has 152 valence electrons. The quantitative estimate of drug-likeness (QED) is 0.713. The van der Waals surface area contributed by atoms with Crippen molar-refractivity contribution < 1.29 is 24.2 Å². The number of carbonyl (C=O) groups excluding carboxylic acids is 1. The molecule has 1 atom stereocenters. The summed E-state index contributed by atoms with van der Waals surface area (Å²) in [5.41, 5.74) is 1.69. The smallest absolute Gasteiger partial charge is 0.305 e. The van der Waals surface area contributed by atoms with Crippen molar-refractivity contribution in [2.45, 2.75) is 18.1 Å². The van der Waals surface area contributed by atoms with Gasteiger partial charge in [-0.15, -0.1) is 0 Å². The molecule has 1 saturated heterocycles. The van der Waals surface area contributed by atoms with Crippen molar-refractivity contribution in [2.75, 3.05) is 20.8 Å². The fourth-order valence-electron chi connectivity index (χ4n) is 2.98. The van der Waals surface area contributed by atoms with Crippen molar-refractivity contribution in [3.05, 3.63) is 54.1 Å². The number of amidine groups is 1. The van der Waals surface area contributed by atoms with E-state index < -0.39 is 11.2 Å². The normalized spacial score (nSPS) is 17.6. The van der Waals surface area contributed by atoms with E-state index in [-0.39, 0.29) is 12.3 Å². The Morgan fingerprint density at radius 2 is 1.86 bits per heavy atom. The molecule has 3 rings (SSSR count). The van der Waals surface area contributed by atoms with Crippen molar-refractivity contribution in [3.8, 4) is 11.5 Å². The number of aliphatic carboxylic acids is 1. The first kappa shape index (κ1) is 20.7. The number of nitrogens with zero attached hydrogens (tertiary/aromatic N) is 2. The van der Waals surface area contributed by atoms with Gasteiger partial charge in [0, 0.05) is 6.54 Å². The molecule has 0 radical (unpaired) electrons. The summed E-state index contributed by atoms with van der Waals surface area (Å²) >= 11 is 1.20. The Hall–Kier alpha value is -3.00. The Bertz CT molecular complexity index is 917. The largest absolute Gasteiger partial charge is 0.493 e. The highest BCUT2D eigenvalue weighted by Crippen LogP contribution is 2.32. The van der Waals surface area contributed by atoms with Crippen molar-refractivity contribution in [1.82, 2.24) is 4.90 Å². The Labute approximate surface area is 173 Å². The number of carboxylic acids is 1. The number of amides is 1. The molecule has 7 nitrogen and oxygen atoms in total. The van der Waals surface area contributed by atoms with Gasteiger partial charge in [0.25, 0.3) is 0 Å². The van der Waals surface area contributed by atoms with E-state index in [4.69, 9.17) is 14.6 Å². The molecule has 1 aliphatic heterocycles. The number of ether oxygens (including phenoxy) is 2. The van der Waals surface area contributed by atoms with Crippen LogP contribution in [0.15, 0.2) is 53.5 Å². The molecular formula is C21H22N2O5S. The fourth-order valence-corrected chi connectivity index (χ4v) is 4.15. The average Bonchev–Trinajstić information content (AvgIpc) is 3.00. The van der Waals surface area contributed by atoms with Gasteiger partial charge in [-0.1, -0.05) is 36.0 Å². The maximum atomic E-state index is 12.8. The zero-order chi connectivity index (χ0) is 20.8. The Kier molecular flexibility index (Phi) is 6.77. The first-order chi connectivity index (χ1) is 14.0. The highest BCUT2D eigenvalue weighted by Gasteiger charge is 2.39. The van der Waals surface area contributed by atoms with Gasteiger partial charge >= 0.3 is 5.97 Å². The predicted molar refractivity (Wildman–Crippen MR) is 112 cm³/mol. The lowest BCUT2D eigenvalue weighted by Crippen LogP contribution is -2.34. The number of hydrogen-bond acceptors (Lipinski definition) is 6. The van der Waals surface area contributed by atoms with Crippen LogP contribution in [0.5, 0.6) is 11.5 Å². The maximum Gasteiger partial charge on any atom is 0.305 e. The fraction of sp³-hybridized carbons (Fsp3) is 0.286. The highest BCUT2D eigenvalue weighted by molar-refractivity contribution is 8.15.